The average molecular weight is 261 g/mol. The fourth-order valence-electron chi connectivity index (χ4n) is 2.68. The third kappa shape index (κ3) is 3.19. The minimum absolute atomic E-state index is 0.302. The summed E-state index contributed by atoms with van der Waals surface area (Å²) in [5, 5.41) is 3.65. The van der Waals surface area contributed by atoms with E-state index in [-0.39, 0.29) is 6.03 Å². The van der Waals surface area contributed by atoms with Gasteiger partial charge in [-0.15, -0.1) is 0 Å². The van der Waals surface area contributed by atoms with E-state index in [1.165, 1.54) is 16.8 Å². The second kappa shape index (κ2) is 5.95. The van der Waals surface area contributed by atoms with Gasteiger partial charge in [-0.25, -0.2) is 4.79 Å². The molecule has 104 valence electrons. The first-order chi connectivity index (χ1) is 9.11. The van der Waals surface area contributed by atoms with Crippen LogP contribution in [0.2, 0.25) is 0 Å². The molecule has 0 atom stereocenters. The molecule has 1 aliphatic rings. The second-order valence-corrected chi connectivity index (χ2v) is 5.21. The number of urea groups is 1. The molecule has 19 heavy (non-hydrogen) atoms. The highest BCUT2D eigenvalue weighted by atomic mass is 16.2. The van der Waals surface area contributed by atoms with E-state index in [0.29, 0.717) is 6.04 Å². The molecule has 3 N–H and O–H groups in total. The summed E-state index contributed by atoms with van der Waals surface area (Å²) in [5.74, 6) is 0. The highest BCUT2D eigenvalue weighted by Gasteiger charge is 2.21. The molecule has 1 aromatic rings. The van der Waals surface area contributed by atoms with Crippen LogP contribution in [-0.4, -0.2) is 30.1 Å². The number of anilines is 1. The fourth-order valence-corrected chi connectivity index (χ4v) is 2.68. The molecule has 2 amide bonds. The normalized spacial score (nSPS) is 16.4. The summed E-state index contributed by atoms with van der Waals surface area (Å²) in [5.41, 5.74) is 9.21. The topological polar surface area (TPSA) is 58.4 Å². The summed E-state index contributed by atoms with van der Waals surface area (Å²) < 4.78 is 0. The van der Waals surface area contributed by atoms with Gasteiger partial charge in [0.25, 0.3) is 0 Å². The number of primary amides is 1. The Kier molecular flexibility index (Phi) is 4.30. The van der Waals surface area contributed by atoms with Crippen LogP contribution in [0.5, 0.6) is 0 Å². The zero-order valence-electron chi connectivity index (χ0n) is 11.8. The maximum atomic E-state index is 11.1. The Bertz CT molecular complexity index is 451. The molecular formula is C15H23N3O. The quantitative estimate of drug-likeness (QED) is 0.878. The Morgan fingerprint density at radius 2 is 2.11 bits per heavy atom. The number of nitrogens with two attached hydrogens (primary N) is 1. The van der Waals surface area contributed by atoms with Crippen LogP contribution in [0.25, 0.3) is 0 Å². The number of piperidine rings is 1. The Morgan fingerprint density at radius 1 is 1.42 bits per heavy atom. The van der Waals surface area contributed by atoms with Gasteiger partial charge in [0, 0.05) is 24.8 Å². The molecule has 0 bridgehead atoms. The van der Waals surface area contributed by atoms with Gasteiger partial charge in [-0.05, 0) is 37.3 Å². The van der Waals surface area contributed by atoms with Crippen molar-refractivity contribution in [2.75, 3.05) is 18.4 Å². The summed E-state index contributed by atoms with van der Waals surface area (Å²) in [7, 11) is 0. The van der Waals surface area contributed by atoms with E-state index in [1.807, 2.05) is 0 Å². The largest absolute Gasteiger partial charge is 0.382 e. The third-order valence-electron chi connectivity index (χ3n) is 3.90. The molecule has 1 saturated heterocycles. The lowest BCUT2D eigenvalue weighted by atomic mass is 10.0. The van der Waals surface area contributed by atoms with Crippen molar-refractivity contribution in [3.05, 3.63) is 29.3 Å². The maximum absolute atomic E-state index is 11.1. The van der Waals surface area contributed by atoms with E-state index in [2.05, 4.69) is 37.4 Å². The van der Waals surface area contributed by atoms with Gasteiger partial charge in [-0.3, -0.25) is 0 Å². The van der Waals surface area contributed by atoms with Gasteiger partial charge in [0.1, 0.15) is 0 Å². The first kappa shape index (κ1) is 13.7. The standard InChI is InChI=1S/C15H23N3O/c1-3-12-6-4-5-11(2)14(12)17-13-7-9-18(10-8-13)15(16)19/h4-6,13,17H,3,7-10H2,1-2H3,(H2,16,19). The van der Waals surface area contributed by atoms with Crippen LogP contribution in [0.1, 0.15) is 30.9 Å². The molecule has 1 aromatic carbocycles. The van der Waals surface area contributed by atoms with E-state index in [4.69, 9.17) is 5.73 Å². The van der Waals surface area contributed by atoms with Gasteiger partial charge in [0.2, 0.25) is 0 Å². The number of carbonyl (C=O) groups is 1. The monoisotopic (exact) mass is 261 g/mol. The molecule has 4 nitrogen and oxygen atoms in total. The summed E-state index contributed by atoms with van der Waals surface area (Å²) in [6.45, 7) is 5.82. The lowest BCUT2D eigenvalue weighted by Crippen LogP contribution is -2.44. The van der Waals surface area contributed by atoms with Crippen molar-refractivity contribution in [2.45, 2.75) is 39.2 Å². The summed E-state index contributed by atoms with van der Waals surface area (Å²) in [6, 6.07) is 6.55. The number of benzene rings is 1. The lowest BCUT2D eigenvalue weighted by molar-refractivity contribution is 0.193. The predicted octanol–water partition coefficient (Wildman–Crippen LogP) is 2.51. The fraction of sp³-hybridized carbons (Fsp3) is 0.533. The molecule has 0 aromatic heterocycles. The number of para-hydroxylation sites is 1. The maximum Gasteiger partial charge on any atom is 0.314 e. The molecule has 0 spiro atoms. The number of aryl methyl sites for hydroxylation is 2. The average Bonchev–Trinajstić information content (AvgIpc) is 2.41. The van der Waals surface area contributed by atoms with Gasteiger partial charge < -0.3 is 16.0 Å². The number of rotatable bonds is 3. The first-order valence-corrected chi connectivity index (χ1v) is 7.01. The number of hydrogen-bond acceptors (Lipinski definition) is 2. The zero-order valence-corrected chi connectivity index (χ0v) is 11.8. The molecule has 1 fully saturated rings. The van der Waals surface area contributed by atoms with E-state index in [9.17, 15) is 4.79 Å². The van der Waals surface area contributed by atoms with Crippen molar-refractivity contribution < 1.29 is 4.79 Å². The van der Waals surface area contributed by atoms with Gasteiger partial charge in [-0.1, -0.05) is 25.1 Å². The smallest absolute Gasteiger partial charge is 0.314 e. The number of carbonyl (C=O) groups excluding carboxylic acids is 1. The van der Waals surface area contributed by atoms with Crippen LogP contribution in [0.3, 0.4) is 0 Å². The van der Waals surface area contributed by atoms with Crippen LogP contribution in [-0.2, 0) is 6.42 Å². The summed E-state index contributed by atoms with van der Waals surface area (Å²) in [4.78, 5) is 12.8. The molecule has 0 aliphatic carbocycles. The third-order valence-corrected chi connectivity index (χ3v) is 3.90. The molecule has 1 heterocycles. The van der Waals surface area contributed by atoms with Crippen LogP contribution >= 0.6 is 0 Å². The number of hydrogen-bond donors (Lipinski definition) is 2. The van der Waals surface area contributed by atoms with Gasteiger partial charge in [0.05, 0.1) is 0 Å². The SMILES string of the molecule is CCc1cccc(C)c1NC1CCN(C(N)=O)CC1. The first-order valence-electron chi connectivity index (χ1n) is 7.01. The highest BCUT2D eigenvalue weighted by Crippen LogP contribution is 2.24. The van der Waals surface area contributed by atoms with Crippen molar-refractivity contribution in [2.24, 2.45) is 5.73 Å². The van der Waals surface area contributed by atoms with E-state index in [0.717, 1.165) is 32.4 Å². The van der Waals surface area contributed by atoms with Crippen molar-refractivity contribution >= 4 is 11.7 Å². The molecule has 0 radical (unpaired) electrons. The summed E-state index contributed by atoms with van der Waals surface area (Å²) >= 11 is 0. The van der Waals surface area contributed by atoms with Crippen molar-refractivity contribution in [3.63, 3.8) is 0 Å². The van der Waals surface area contributed by atoms with Crippen LogP contribution in [0.4, 0.5) is 10.5 Å². The second-order valence-electron chi connectivity index (χ2n) is 5.21. The van der Waals surface area contributed by atoms with Crippen LogP contribution < -0.4 is 11.1 Å². The lowest BCUT2D eigenvalue weighted by Gasteiger charge is -2.32. The molecule has 0 saturated carbocycles. The zero-order chi connectivity index (χ0) is 13.8. The van der Waals surface area contributed by atoms with Crippen molar-refractivity contribution in [3.8, 4) is 0 Å². The number of likely N-dealkylation sites (tertiary alicyclic amines) is 1. The van der Waals surface area contributed by atoms with Gasteiger partial charge in [0.15, 0.2) is 0 Å². The molecule has 1 aliphatic heterocycles. The highest BCUT2D eigenvalue weighted by molar-refractivity contribution is 5.72. The molecular weight excluding hydrogens is 238 g/mol. The number of nitrogens with zero attached hydrogens (tertiary/aromatic N) is 1. The Hall–Kier alpha value is -1.71. The Balaban J connectivity index is 2.01. The minimum Gasteiger partial charge on any atom is -0.382 e. The van der Waals surface area contributed by atoms with E-state index < -0.39 is 0 Å². The van der Waals surface area contributed by atoms with Gasteiger partial charge in [-0.2, -0.15) is 0 Å². The van der Waals surface area contributed by atoms with Crippen molar-refractivity contribution in [1.82, 2.24) is 4.90 Å². The molecule has 0 unspecified atom stereocenters. The summed E-state index contributed by atoms with van der Waals surface area (Å²) in [6.07, 6.45) is 2.95. The predicted molar refractivity (Wildman–Crippen MR) is 78.4 cm³/mol. The van der Waals surface area contributed by atoms with E-state index >= 15 is 0 Å². The van der Waals surface area contributed by atoms with Gasteiger partial charge >= 0.3 is 6.03 Å². The number of nitrogens with one attached hydrogen (secondary N) is 1. The minimum atomic E-state index is -0.302. The number of amides is 2. The molecule has 2 rings (SSSR count). The van der Waals surface area contributed by atoms with Crippen molar-refractivity contribution in [1.29, 1.82) is 0 Å². The Labute approximate surface area is 115 Å². The molecule has 4 heteroatoms. The van der Waals surface area contributed by atoms with Crippen LogP contribution in [0, 0.1) is 6.92 Å². The Morgan fingerprint density at radius 3 is 2.68 bits per heavy atom. The van der Waals surface area contributed by atoms with E-state index in [1.54, 1.807) is 4.90 Å². The van der Waals surface area contributed by atoms with Crippen LogP contribution in [0.15, 0.2) is 18.2 Å².